The number of hydrogen-bond donors (Lipinski definition) is 1. The van der Waals surface area contributed by atoms with E-state index in [1.807, 2.05) is 20.8 Å². The quantitative estimate of drug-likeness (QED) is 0.885. The Morgan fingerprint density at radius 1 is 1.30 bits per heavy atom. The lowest BCUT2D eigenvalue weighted by Gasteiger charge is -2.08. The fourth-order valence-corrected chi connectivity index (χ4v) is 3.89. The normalized spacial score (nSPS) is 11.9. The van der Waals surface area contributed by atoms with Crippen LogP contribution in [0.15, 0.2) is 17.3 Å². The molecule has 0 radical (unpaired) electrons. The van der Waals surface area contributed by atoms with E-state index < -0.39 is 10.0 Å². The molecule has 126 valence electrons. The molecule has 23 heavy (non-hydrogen) atoms. The Labute approximate surface area is 140 Å². The van der Waals surface area contributed by atoms with Crippen molar-refractivity contribution in [1.82, 2.24) is 14.1 Å². The molecular formula is C14H20N4O3S2. The van der Waals surface area contributed by atoms with Gasteiger partial charge < -0.3 is 5.32 Å². The summed E-state index contributed by atoms with van der Waals surface area (Å²) < 4.78 is 26.4. The zero-order valence-corrected chi connectivity index (χ0v) is 15.4. The third-order valence-electron chi connectivity index (χ3n) is 3.63. The summed E-state index contributed by atoms with van der Waals surface area (Å²) in [4.78, 5) is 13.3. The van der Waals surface area contributed by atoms with Gasteiger partial charge in [0.2, 0.25) is 15.9 Å². The van der Waals surface area contributed by atoms with Gasteiger partial charge in [-0.1, -0.05) is 0 Å². The van der Waals surface area contributed by atoms with Gasteiger partial charge in [-0.3, -0.25) is 9.48 Å². The first-order valence-corrected chi connectivity index (χ1v) is 9.20. The molecule has 0 saturated carbocycles. The topological polar surface area (TPSA) is 84.3 Å². The first kappa shape index (κ1) is 17.6. The summed E-state index contributed by atoms with van der Waals surface area (Å²) in [6.07, 6.45) is 2.60. The number of aryl methyl sites for hydroxylation is 1. The third kappa shape index (κ3) is 3.62. The second kappa shape index (κ2) is 6.42. The van der Waals surface area contributed by atoms with Gasteiger partial charge in [0.05, 0.1) is 11.2 Å². The summed E-state index contributed by atoms with van der Waals surface area (Å²) in [6.45, 7) is 5.94. The SMILES string of the molecule is Cc1sc(NC(=O)Cn2cc(S(=O)(=O)N(C)C)cn2)c(C)c1C. The highest BCUT2D eigenvalue weighted by Crippen LogP contribution is 2.31. The van der Waals surface area contributed by atoms with E-state index in [9.17, 15) is 13.2 Å². The van der Waals surface area contributed by atoms with Crippen molar-refractivity contribution >= 4 is 32.3 Å². The van der Waals surface area contributed by atoms with Crippen molar-refractivity contribution in [1.29, 1.82) is 0 Å². The zero-order valence-electron chi connectivity index (χ0n) is 13.7. The molecule has 1 N–H and O–H groups in total. The minimum Gasteiger partial charge on any atom is -0.316 e. The van der Waals surface area contributed by atoms with E-state index in [1.54, 1.807) is 0 Å². The summed E-state index contributed by atoms with van der Waals surface area (Å²) in [5.74, 6) is -0.244. The Morgan fingerprint density at radius 2 is 1.96 bits per heavy atom. The van der Waals surface area contributed by atoms with Gasteiger partial charge in [0.25, 0.3) is 0 Å². The fourth-order valence-electron chi connectivity index (χ4n) is 1.95. The second-order valence-electron chi connectivity index (χ2n) is 5.45. The second-order valence-corrected chi connectivity index (χ2v) is 8.82. The summed E-state index contributed by atoms with van der Waals surface area (Å²) in [5, 5.41) is 7.61. The number of anilines is 1. The minimum absolute atomic E-state index is 0.0433. The van der Waals surface area contributed by atoms with Crippen LogP contribution >= 0.6 is 11.3 Å². The number of amides is 1. The molecule has 0 aliphatic rings. The molecule has 0 spiro atoms. The highest BCUT2D eigenvalue weighted by atomic mass is 32.2. The monoisotopic (exact) mass is 356 g/mol. The molecule has 0 aromatic carbocycles. The summed E-state index contributed by atoms with van der Waals surface area (Å²) in [6, 6.07) is 0. The van der Waals surface area contributed by atoms with Crippen molar-refractivity contribution in [3.05, 3.63) is 28.4 Å². The fraction of sp³-hybridized carbons (Fsp3) is 0.429. The van der Waals surface area contributed by atoms with Crippen LogP contribution < -0.4 is 5.32 Å². The van der Waals surface area contributed by atoms with Crippen LogP contribution in [0.3, 0.4) is 0 Å². The van der Waals surface area contributed by atoms with Gasteiger partial charge in [0, 0.05) is 25.2 Å². The lowest BCUT2D eigenvalue weighted by Crippen LogP contribution is -2.22. The Balaban J connectivity index is 2.10. The standard InChI is InChI=1S/C14H20N4O3S2/c1-9-10(2)14(22-11(9)3)16-13(19)8-18-7-12(6-15-18)23(20,21)17(4)5/h6-7H,8H2,1-5H3,(H,16,19). The van der Waals surface area contributed by atoms with Crippen molar-refractivity contribution in [2.45, 2.75) is 32.2 Å². The van der Waals surface area contributed by atoms with Gasteiger partial charge in [0.15, 0.2) is 0 Å². The number of sulfonamides is 1. The smallest absolute Gasteiger partial charge is 0.246 e. The highest BCUT2D eigenvalue weighted by molar-refractivity contribution is 7.89. The molecule has 9 heteroatoms. The van der Waals surface area contributed by atoms with Crippen molar-refractivity contribution in [2.75, 3.05) is 19.4 Å². The minimum atomic E-state index is -3.54. The third-order valence-corrected chi connectivity index (χ3v) is 6.63. The van der Waals surface area contributed by atoms with Gasteiger partial charge in [-0.2, -0.15) is 5.10 Å². The van der Waals surface area contributed by atoms with E-state index in [-0.39, 0.29) is 17.3 Å². The molecule has 1 amide bonds. The average molecular weight is 356 g/mol. The van der Waals surface area contributed by atoms with Crippen LogP contribution in [0, 0.1) is 20.8 Å². The first-order valence-electron chi connectivity index (χ1n) is 6.94. The predicted molar refractivity (Wildman–Crippen MR) is 90.3 cm³/mol. The van der Waals surface area contributed by atoms with Crippen LogP contribution in [-0.2, 0) is 21.4 Å². The van der Waals surface area contributed by atoms with Crippen molar-refractivity contribution in [3.8, 4) is 0 Å². The Bertz CT molecular complexity index is 834. The molecule has 2 rings (SSSR count). The molecule has 0 fully saturated rings. The number of carbonyl (C=O) groups excluding carboxylic acids is 1. The van der Waals surface area contributed by atoms with Gasteiger partial charge in [-0.15, -0.1) is 11.3 Å². The Kier molecular flexibility index (Phi) is 4.92. The largest absolute Gasteiger partial charge is 0.316 e. The van der Waals surface area contributed by atoms with Crippen LogP contribution in [0.4, 0.5) is 5.00 Å². The van der Waals surface area contributed by atoms with E-state index in [0.717, 1.165) is 19.7 Å². The van der Waals surface area contributed by atoms with Gasteiger partial charge in [-0.25, -0.2) is 12.7 Å². The molecular weight excluding hydrogens is 336 g/mol. The van der Waals surface area contributed by atoms with E-state index in [4.69, 9.17) is 0 Å². The molecule has 2 heterocycles. The van der Waals surface area contributed by atoms with E-state index >= 15 is 0 Å². The van der Waals surface area contributed by atoms with Crippen LogP contribution in [-0.4, -0.2) is 42.5 Å². The van der Waals surface area contributed by atoms with E-state index in [0.29, 0.717) is 0 Å². The van der Waals surface area contributed by atoms with Gasteiger partial charge in [-0.05, 0) is 31.9 Å². The predicted octanol–water partition coefficient (Wildman–Crippen LogP) is 1.76. The van der Waals surface area contributed by atoms with Gasteiger partial charge >= 0.3 is 0 Å². The lowest BCUT2D eigenvalue weighted by atomic mass is 10.2. The first-order chi connectivity index (χ1) is 10.6. The van der Waals surface area contributed by atoms with Crippen LogP contribution in [0.2, 0.25) is 0 Å². The number of nitrogens with one attached hydrogen (secondary N) is 1. The number of rotatable bonds is 5. The molecule has 0 unspecified atom stereocenters. The number of hydrogen-bond acceptors (Lipinski definition) is 5. The zero-order chi connectivity index (χ0) is 17.4. The van der Waals surface area contributed by atoms with Crippen LogP contribution in [0.1, 0.15) is 16.0 Å². The van der Waals surface area contributed by atoms with Crippen LogP contribution in [0.25, 0.3) is 0 Å². The molecule has 0 bridgehead atoms. The molecule has 0 aliphatic heterocycles. The maximum atomic E-state index is 12.1. The number of carbonyl (C=O) groups is 1. The van der Waals surface area contributed by atoms with E-state index in [1.165, 1.54) is 48.1 Å². The maximum absolute atomic E-state index is 12.1. The van der Waals surface area contributed by atoms with Crippen molar-refractivity contribution in [3.63, 3.8) is 0 Å². The Morgan fingerprint density at radius 3 is 2.48 bits per heavy atom. The number of aromatic nitrogens is 2. The molecule has 2 aromatic rings. The summed E-state index contributed by atoms with van der Waals surface area (Å²) >= 11 is 1.53. The average Bonchev–Trinajstić information content (AvgIpc) is 3.01. The Hall–Kier alpha value is -1.71. The summed E-state index contributed by atoms with van der Waals surface area (Å²) in [7, 11) is -0.643. The van der Waals surface area contributed by atoms with Crippen LogP contribution in [0.5, 0.6) is 0 Å². The number of thiophene rings is 1. The maximum Gasteiger partial charge on any atom is 0.246 e. The number of nitrogens with zero attached hydrogens (tertiary/aromatic N) is 3. The molecule has 7 nitrogen and oxygen atoms in total. The molecule has 0 saturated heterocycles. The molecule has 0 aliphatic carbocycles. The van der Waals surface area contributed by atoms with Gasteiger partial charge in [0.1, 0.15) is 11.4 Å². The lowest BCUT2D eigenvalue weighted by molar-refractivity contribution is -0.116. The van der Waals surface area contributed by atoms with Crippen molar-refractivity contribution < 1.29 is 13.2 Å². The van der Waals surface area contributed by atoms with Crippen molar-refractivity contribution in [2.24, 2.45) is 0 Å². The summed E-state index contributed by atoms with van der Waals surface area (Å²) in [5.41, 5.74) is 2.22. The van der Waals surface area contributed by atoms with E-state index in [2.05, 4.69) is 10.4 Å². The molecule has 0 atom stereocenters. The highest BCUT2D eigenvalue weighted by Gasteiger charge is 2.20. The molecule has 2 aromatic heterocycles.